The molecule has 0 aliphatic heterocycles. The Hall–Kier alpha value is -1.42. The molecule has 3 nitrogen and oxygen atoms in total. The van der Waals surface area contributed by atoms with Gasteiger partial charge in [-0.15, -0.1) is 0 Å². The number of rotatable bonds is 3. The Bertz CT molecular complexity index is 478. The number of carbonyl (C=O) groups is 1. The molecule has 0 unspecified atom stereocenters. The largest absolute Gasteiger partial charge is 0.359 e. The van der Waals surface area contributed by atoms with Crippen LogP contribution in [0, 0.1) is 0 Å². The summed E-state index contributed by atoms with van der Waals surface area (Å²) in [7, 11) is 0. The number of anilines is 1. The molecule has 1 aromatic heterocycles. The molecule has 15 heavy (non-hydrogen) atoms. The molecule has 1 amide bonds. The quantitative estimate of drug-likeness (QED) is 0.683. The van der Waals surface area contributed by atoms with E-state index in [4.69, 9.17) is 0 Å². The molecule has 78 valence electrons. The molecule has 0 aliphatic carbocycles. The van der Waals surface area contributed by atoms with Crippen LogP contribution < -0.4 is 5.32 Å². The Labute approximate surface area is 93.3 Å². The van der Waals surface area contributed by atoms with Gasteiger partial charge in [-0.1, -0.05) is 18.2 Å². The van der Waals surface area contributed by atoms with Gasteiger partial charge in [-0.05, 0) is 11.8 Å². The smallest absolute Gasteiger partial charge is 0.225 e. The van der Waals surface area contributed by atoms with Crippen LogP contribution >= 0.6 is 12.6 Å². The maximum Gasteiger partial charge on any atom is 0.225 e. The lowest BCUT2D eigenvalue weighted by Crippen LogP contribution is -2.11. The van der Waals surface area contributed by atoms with E-state index in [1.165, 1.54) is 0 Å². The standard InChI is InChI=1S/C11H12N2OS/c14-11(5-6-15)13-10-7-12-9-4-2-1-3-8(9)10/h1-4,7,12,15H,5-6H2,(H,13,14). The normalized spacial score (nSPS) is 10.5. The number of amides is 1. The predicted molar refractivity (Wildman–Crippen MR) is 65.4 cm³/mol. The third-order valence-electron chi connectivity index (χ3n) is 2.20. The number of para-hydroxylation sites is 1. The van der Waals surface area contributed by atoms with E-state index in [0.29, 0.717) is 12.2 Å². The zero-order valence-corrected chi connectivity index (χ0v) is 9.05. The molecule has 0 radical (unpaired) electrons. The van der Waals surface area contributed by atoms with Crippen LogP contribution in [0.3, 0.4) is 0 Å². The van der Waals surface area contributed by atoms with Crippen molar-refractivity contribution in [1.29, 1.82) is 0 Å². The number of aromatic nitrogens is 1. The monoisotopic (exact) mass is 220 g/mol. The van der Waals surface area contributed by atoms with Crippen LogP contribution in [0.25, 0.3) is 10.9 Å². The van der Waals surface area contributed by atoms with Crippen LogP contribution in [0.15, 0.2) is 30.5 Å². The highest BCUT2D eigenvalue weighted by molar-refractivity contribution is 7.80. The van der Waals surface area contributed by atoms with Gasteiger partial charge in [-0.25, -0.2) is 0 Å². The Morgan fingerprint density at radius 2 is 2.20 bits per heavy atom. The first-order chi connectivity index (χ1) is 7.31. The molecule has 4 heteroatoms. The van der Waals surface area contributed by atoms with Gasteiger partial charge in [0.15, 0.2) is 0 Å². The van der Waals surface area contributed by atoms with Gasteiger partial charge < -0.3 is 10.3 Å². The fraction of sp³-hybridized carbons (Fsp3) is 0.182. The van der Waals surface area contributed by atoms with Crippen LogP contribution in [0.4, 0.5) is 5.69 Å². The average Bonchev–Trinajstić information content (AvgIpc) is 2.62. The molecule has 2 aromatic rings. The van der Waals surface area contributed by atoms with Crippen molar-refractivity contribution < 1.29 is 4.79 Å². The SMILES string of the molecule is O=C(CCS)Nc1c[nH]c2ccccc12. The molecular weight excluding hydrogens is 208 g/mol. The molecule has 0 bridgehead atoms. The second-order valence-electron chi connectivity index (χ2n) is 3.27. The lowest BCUT2D eigenvalue weighted by Gasteiger charge is -2.01. The molecule has 0 saturated heterocycles. The fourth-order valence-electron chi connectivity index (χ4n) is 1.49. The number of aromatic amines is 1. The van der Waals surface area contributed by atoms with Crippen molar-refractivity contribution in [2.24, 2.45) is 0 Å². The van der Waals surface area contributed by atoms with E-state index in [9.17, 15) is 4.79 Å². The average molecular weight is 220 g/mol. The molecule has 1 heterocycles. The zero-order chi connectivity index (χ0) is 10.7. The summed E-state index contributed by atoms with van der Waals surface area (Å²) >= 11 is 4.02. The molecule has 0 saturated carbocycles. The summed E-state index contributed by atoms with van der Waals surface area (Å²) in [6.07, 6.45) is 2.24. The first kappa shape index (κ1) is 10.1. The maximum absolute atomic E-state index is 11.4. The molecule has 1 aromatic carbocycles. The van der Waals surface area contributed by atoms with E-state index in [1.807, 2.05) is 24.3 Å². The van der Waals surface area contributed by atoms with Crippen molar-refractivity contribution in [2.45, 2.75) is 6.42 Å². The maximum atomic E-state index is 11.4. The minimum atomic E-state index is -0.00486. The highest BCUT2D eigenvalue weighted by Gasteiger charge is 2.05. The number of fused-ring (bicyclic) bond motifs is 1. The second kappa shape index (κ2) is 4.40. The van der Waals surface area contributed by atoms with Gasteiger partial charge in [0.2, 0.25) is 5.91 Å². The summed E-state index contributed by atoms with van der Waals surface area (Å²) in [5.41, 5.74) is 1.86. The van der Waals surface area contributed by atoms with Crippen molar-refractivity contribution in [1.82, 2.24) is 4.98 Å². The van der Waals surface area contributed by atoms with Gasteiger partial charge in [0.1, 0.15) is 0 Å². The molecular formula is C11H12N2OS. The van der Waals surface area contributed by atoms with Crippen LogP contribution in [-0.4, -0.2) is 16.6 Å². The number of benzene rings is 1. The number of carbonyl (C=O) groups excluding carboxylic acids is 1. The molecule has 2 rings (SSSR count). The Kier molecular flexibility index (Phi) is 2.97. The molecule has 0 spiro atoms. The van der Waals surface area contributed by atoms with Crippen molar-refractivity contribution in [2.75, 3.05) is 11.1 Å². The molecule has 0 aliphatic rings. The third-order valence-corrected chi connectivity index (χ3v) is 2.43. The van der Waals surface area contributed by atoms with Crippen LogP contribution in [0.1, 0.15) is 6.42 Å². The highest BCUT2D eigenvalue weighted by Crippen LogP contribution is 2.22. The summed E-state index contributed by atoms with van der Waals surface area (Å²) in [5.74, 6) is 0.559. The van der Waals surface area contributed by atoms with Crippen LogP contribution in [-0.2, 0) is 4.79 Å². The topological polar surface area (TPSA) is 44.9 Å². The van der Waals surface area contributed by atoms with E-state index in [2.05, 4.69) is 22.9 Å². The van der Waals surface area contributed by atoms with Crippen LogP contribution in [0.2, 0.25) is 0 Å². The predicted octanol–water partition coefficient (Wildman–Crippen LogP) is 2.43. The zero-order valence-electron chi connectivity index (χ0n) is 8.16. The van der Waals surface area contributed by atoms with Crippen molar-refractivity contribution in [3.63, 3.8) is 0 Å². The minimum Gasteiger partial charge on any atom is -0.359 e. The van der Waals surface area contributed by atoms with E-state index in [1.54, 1.807) is 6.20 Å². The van der Waals surface area contributed by atoms with Gasteiger partial charge in [-0.3, -0.25) is 4.79 Å². The van der Waals surface area contributed by atoms with E-state index in [-0.39, 0.29) is 5.91 Å². The van der Waals surface area contributed by atoms with Gasteiger partial charge in [-0.2, -0.15) is 12.6 Å². The molecule has 0 atom stereocenters. The number of hydrogen-bond acceptors (Lipinski definition) is 2. The van der Waals surface area contributed by atoms with E-state index < -0.39 is 0 Å². The Morgan fingerprint density at radius 3 is 3.00 bits per heavy atom. The summed E-state index contributed by atoms with van der Waals surface area (Å²) in [4.78, 5) is 14.5. The van der Waals surface area contributed by atoms with Gasteiger partial charge in [0, 0.05) is 23.5 Å². The first-order valence-corrected chi connectivity index (χ1v) is 5.41. The van der Waals surface area contributed by atoms with Crippen LogP contribution in [0.5, 0.6) is 0 Å². The fourth-order valence-corrected chi connectivity index (χ4v) is 1.69. The van der Waals surface area contributed by atoms with Gasteiger partial charge in [0.25, 0.3) is 0 Å². The van der Waals surface area contributed by atoms with Crippen molar-refractivity contribution in [3.8, 4) is 0 Å². The molecule has 2 N–H and O–H groups in total. The lowest BCUT2D eigenvalue weighted by molar-refractivity contribution is -0.115. The number of thiol groups is 1. The van der Waals surface area contributed by atoms with Gasteiger partial charge in [0.05, 0.1) is 5.69 Å². The highest BCUT2D eigenvalue weighted by atomic mass is 32.1. The van der Waals surface area contributed by atoms with E-state index >= 15 is 0 Å². The summed E-state index contributed by atoms with van der Waals surface area (Å²) in [5, 5.41) is 3.88. The van der Waals surface area contributed by atoms with Crippen molar-refractivity contribution in [3.05, 3.63) is 30.5 Å². The van der Waals surface area contributed by atoms with Crippen molar-refractivity contribution >= 4 is 35.1 Å². The van der Waals surface area contributed by atoms with Gasteiger partial charge >= 0.3 is 0 Å². The van der Waals surface area contributed by atoms with E-state index in [0.717, 1.165) is 16.6 Å². The summed E-state index contributed by atoms with van der Waals surface area (Å²) < 4.78 is 0. The second-order valence-corrected chi connectivity index (χ2v) is 3.72. The minimum absolute atomic E-state index is 0.00486. The Morgan fingerprint density at radius 1 is 1.40 bits per heavy atom. The molecule has 0 fully saturated rings. The number of H-pyrrole nitrogens is 1. The number of hydrogen-bond donors (Lipinski definition) is 3. The summed E-state index contributed by atoms with van der Waals surface area (Å²) in [6.45, 7) is 0. The summed E-state index contributed by atoms with van der Waals surface area (Å²) in [6, 6.07) is 7.86. The number of nitrogens with one attached hydrogen (secondary N) is 2. The lowest BCUT2D eigenvalue weighted by atomic mass is 10.2. The Balaban J connectivity index is 2.25. The third kappa shape index (κ3) is 2.15. The first-order valence-electron chi connectivity index (χ1n) is 4.78.